The van der Waals surface area contributed by atoms with Crippen molar-refractivity contribution < 1.29 is 9.53 Å². The van der Waals surface area contributed by atoms with E-state index in [1.807, 2.05) is 49.6 Å². The molecule has 118 valence electrons. The minimum absolute atomic E-state index is 0.151. The van der Waals surface area contributed by atoms with Crippen LogP contribution in [0.4, 0.5) is 0 Å². The molecule has 3 rings (SSSR count). The molecule has 0 aliphatic carbocycles. The maximum Gasteiger partial charge on any atom is 0.183 e. The summed E-state index contributed by atoms with van der Waals surface area (Å²) >= 11 is 2.98. The molecule has 0 fully saturated rings. The largest absolute Gasteiger partial charge is 0.494 e. The van der Waals surface area contributed by atoms with Crippen LogP contribution in [0.1, 0.15) is 22.2 Å². The highest BCUT2D eigenvalue weighted by Crippen LogP contribution is 2.27. The molecule has 5 heteroatoms. The molecule has 0 bridgehead atoms. The Morgan fingerprint density at radius 1 is 1.30 bits per heavy atom. The molecular weight excluding hydrogens is 326 g/mol. The van der Waals surface area contributed by atoms with Gasteiger partial charge in [0.15, 0.2) is 5.78 Å². The number of Topliss-reactive ketones (excluding diaryl/α,β-unsaturated/α-hetero) is 1. The number of fused-ring (bicyclic) bond motifs is 1. The molecule has 0 amide bonds. The zero-order valence-corrected chi connectivity index (χ0v) is 14.7. The molecule has 0 unspecified atom stereocenters. The molecule has 0 aliphatic rings. The lowest BCUT2D eigenvalue weighted by atomic mass is 10.1. The second kappa shape index (κ2) is 7.15. The van der Waals surface area contributed by atoms with E-state index < -0.39 is 0 Å². The third kappa shape index (κ3) is 3.74. The smallest absolute Gasteiger partial charge is 0.183 e. The highest BCUT2D eigenvalue weighted by atomic mass is 32.2. The summed E-state index contributed by atoms with van der Waals surface area (Å²) in [5.74, 6) is 1.42. The second-order valence-corrected chi connectivity index (χ2v) is 7.00. The fourth-order valence-corrected chi connectivity index (χ4v) is 3.92. The number of nitrogens with zero attached hydrogens (tertiary/aromatic N) is 1. The van der Waals surface area contributed by atoms with Crippen molar-refractivity contribution in [2.45, 2.75) is 18.9 Å². The third-order valence-electron chi connectivity index (χ3n) is 3.38. The maximum absolute atomic E-state index is 12.1. The van der Waals surface area contributed by atoms with E-state index in [1.54, 1.807) is 0 Å². The number of hydrogen-bond donors (Lipinski definition) is 0. The lowest BCUT2D eigenvalue weighted by Gasteiger charge is -2.08. The van der Waals surface area contributed by atoms with Gasteiger partial charge in [0, 0.05) is 5.39 Å². The predicted octanol–water partition coefficient (Wildman–Crippen LogP) is 4.98. The van der Waals surface area contributed by atoms with E-state index in [2.05, 4.69) is 11.1 Å². The molecule has 0 aliphatic heterocycles. The Hall–Kier alpha value is -1.85. The average Bonchev–Trinajstić information content (AvgIpc) is 3.07. The summed E-state index contributed by atoms with van der Waals surface area (Å²) in [6.45, 7) is 4.65. The zero-order valence-electron chi connectivity index (χ0n) is 13.0. The summed E-state index contributed by atoms with van der Waals surface area (Å²) in [5.41, 5.74) is 2.00. The van der Waals surface area contributed by atoms with Gasteiger partial charge in [-0.1, -0.05) is 17.8 Å². The van der Waals surface area contributed by atoms with Crippen molar-refractivity contribution in [3.05, 3.63) is 52.2 Å². The molecule has 3 nitrogen and oxygen atoms in total. The number of ketones is 1. The highest BCUT2D eigenvalue weighted by molar-refractivity contribution is 8.00. The molecule has 0 saturated heterocycles. The van der Waals surface area contributed by atoms with Crippen LogP contribution < -0.4 is 4.74 Å². The molecule has 3 aromatic rings. The number of aryl methyl sites for hydroxylation is 1. The molecular formula is C18H17NO2S2. The van der Waals surface area contributed by atoms with E-state index in [4.69, 9.17) is 4.74 Å². The minimum Gasteiger partial charge on any atom is -0.494 e. The van der Waals surface area contributed by atoms with E-state index in [9.17, 15) is 4.79 Å². The van der Waals surface area contributed by atoms with Gasteiger partial charge in [-0.05, 0) is 55.1 Å². The van der Waals surface area contributed by atoms with E-state index in [-0.39, 0.29) is 5.78 Å². The summed E-state index contributed by atoms with van der Waals surface area (Å²) in [5, 5.41) is 3.89. The van der Waals surface area contributed by atoms with Crippen LogP contribution in [0.2, 0.25) is 0 Å². The third-order valence-corrected chi connectivity index (χ3v) is 5.38. The van der Waals surface area contributed by atoms with Gasteiger partial charge in [-0.15, -0.1) is 11.3 Å². The molecule has 1 aromatic carbocycles. The van der Waals surface area contributed by atoms with Gasteiger partial charge >= 0.3 is 0 Å². The minimum atomic E-state index is 0.151. The molecule has 0 spiro atoms. The molecule has 0 N–H and O–H groups in total. The van der Waals surface area contributed by atoms with Crippen LogP contribution in [-0.4, -0.2) is 23.1 Å². The van der Waals surface area contributed by atoms with Crippen molar-refractivity contribution >= 4 is 39.8 Å². The Labute approximate surface area is 143 Å². The zero-order chi connectivity index (χ0) is 16.2. The van der Waals surface area contributed by atoms with Crippen molar-refractivity contribution in [2.24, 2.45) is 0 Å². The first-order valence-corrected chi connectivity index (χ1v) is 9.27. The first-order chi connectivity index (χ1) is 11.2. The van der Waals surface area contributed by atoms with Gasteiger partial charge in [-0.3, -0.25) is 4.79 Å². The number of thiophene rings is 1. The van der Waals surface area contributed by atoms with Crippen LogP contribution in [0.15, 0.2) is 46.8 Å². The Balaban J connectivity index is 1.79. The summed E-state index contributed by atoms with van der Waals surface area (Å²) in [4.78, 5) is 17.6. The molecule has 0 saturated carbocycles. The van der Waals surface area contributed by atoms with Crippen molar-refractivity contribution in [1.29, 1.82) is 0 Å². The van der Waals surface area contributed by atoms with Crippen LogP contribution in [0.5, 0.6) is 5.75 Å². The summed E-state index contributed by atoms with van der Waals surface area (Å²) in [7, 11) is 0. The molecule has 0 atom stereocenters. The Morgan fingerprint density at radius 3 is 2.91 bits per heavy atom. The van der Waals surface area contributed by atoms with E-state index in [0.717, 1.165) is 32.1 Å². The van der Waals surface area contributed by atoms with Gasteiger partial charge < -0.3 is 4.74 Å². The van der Waals surface area contributed by atoms with Crippen LogP contribution in [0.25, 0.3) is 10.9 Å². The number of carbonyl (C=O) groups is 1. The number of benzene rings is 1. The van der Waals surface area contributed by atoms with Gasteiger partial charge in [0.1, 0.15) is 10.8 Å². The van der Waals surface area contributed by atoms with Gasteiger partial charge in [0.05, 0.1) is 22.8 Å². The quantitative estimate of drug-likeness (QED) is 0.467. The topological polar surface area (TPSA) is 39.2 Å². The van der Waals surface area contributed by atoms with E-state index in [1.165, 1.54) is 23.1 Å². The Bertz CT molecular complexity index is 828. The van der Waals surface area contributed by atoms with Crippen molar-refractivity contribution in [2.75, 3.05) is 12.4 Å². The van der Waals surface area contributed by atoms with E-state index in [0.29, 0.717) is 12.4 Å². The van der Waals surface area contributed by atoms with Gasteiger partial charge in [0.25, 0.3) is 0 Å². The second-order valence-electron chi connectivity index (χ2n) is 5.09. The molecule has 0 radical (unpaired) electrons. The Kier molecular flexibility index (Phi) is 4.98. The first kappa shape index (κ1) is 16.0. The van der Waals surface area contributed by atoms with Gasteiger partial charge in [-0.25, -0.2) is 4.98 Å². The number of thioether (sulfide) groups is 1. The van der Waals surface area contributed by atoms with Crippen LogP contribution in [0, 0.1) is 6.92 Å². The van der Waals surface area contributed by atoms with Crippen LogP contribution in [-0.2, 0) is 0 Å². The van der Waals surface area contributed by atoms with Crippen molar-refractivity contribution in [3.8, 4) is 5.75 Å². The Morgan fingerprint density at radius 2 is 2.17 bits per heavy atom. The van der Waals surface area contributed by atoms with Crippen LogP contribution in [0.3, 0.4) is 0 Å². The molecule has 2 aromatic heterocycles. The van der Waals surface area contributed by atoms with Crippen molar-refractivity contribution in [1.82, 2.24) is 4.98 Å². The lowest BCUT2D eigenvalue weighted by molar-refractivity contribution is 0.102. The number of aromatic nitrogens is 1. The fourth-order valence-electron chi connectivity index (χ4n) is 2.29. The molecule has 2 heterocycles. The number of ether oxygens (including phenoxy) is 1. The summed E-state index contributed by atoms with van der Waals surface area (Å²) < 4.78 is 5.53. The average molecular weight is 343 g/mol. The van der Waals surface area contributed by atoms with Gasteiger partial charge in [0.2, 0.25) is 0 Å². The number of pyridine rings is 1. The monoisotopic (exact) mass is 343 g/mol. The summed E-state index contributed by atoms with van der Waals surface area (Å²) in [6.07, 6.45) is 0. The first-order valence-electron chi connectivity index (χ1n) is 7.41. The number of hydrogen-bond acceptors (Lipinski definition) is 5. The normalized spacial score (nSPS) is 10.9. The number of carbonyl (C=O) groups excluding carboxylic acids is 1. The van der Waals surface area contributed by atoms with Crippen molar-refractivity contribution in [3.63, 3.8) is 0 Å². The maximum atomic E-state index is 12.1. The SMILES string of the molecule is CCOc1ccc2nc(SCC(=O)c3cccs3)c(C)cc2c1. The highest BCUT2D eigenvalue weighted by Gasteiger charge is 2.11. The van der Waals surface area contributed by atoms with Gasteiger partial charge in [-0.2, -0.15) is 0 Å². The van der Waals surface area contributed by atoms with Crippen LogP contribution >= 0.6 is 23.1 Å². The summed E-state index contributed by atoms with van der Waals surface area (Å²) in [6, 6.07) is 11.8. The lowest BCUT2D eigenvalue weighted by Crippen LogP contribution is -2.00. The number of rotatable bonds is 6. The molecule has 23 heavy (non-hydrogen) atoms. The fraction of sp³-hybridized carbons (Fsp3) is 0.222. The van der Waals surface area contributed by atoms with E-state index >= 15 is 0 Å². The predicted molar refractivity (Wildman–Crippen MR) is 97.0 cm³/mol. The standard InChI is InChI=1S/C18H17NO2S2/c1-3-21-14-6-7-15-13(10-14)9-12(2)18(19-15)23-11-16(20)17-5-4-8-22-17/h4-10H,3,11H2,1-2H3.